The molecule has 2 heterocycles. The van der Waals surface area contributed by atoms with E-state index in [1.807, 2.05) is 54.6 Å². The van der Waals surface area contributed by atoms with Crippen molar-refractivity contribution in [1.29, 1.82) is 0 Å². The number of sulfonamides is 1. The van der Waals surface area contributed by atoms with Gasteiger partial charge in [0, 0.05) is 11.3 Å². The summed E-state index contributed by atoms with van der Waals surface area (Å²) in [5, 5.41) is 8.95. The molecule has 0 unspecified atom stereocenters. The van der Waals surface area contributed by atoms with Gasteiger partial charge < -0.3 is 0 Å². The lowest BCUT2D eigenvalue weighted by molar-refractivity contribution is 0.598. The zero-order chi connectivity index (χ0) is 24.6. The number of hydrogen-bond donors (Lipinski definition) is 2. The summed E-state index contributed by atoms with van der Waals surface area (Å²) >= 11 is 1.43. The number of fused-ring (bicyclic) bond motifs is 1. The van der Waals surface area contributed by atoms with Crippen molar-refractivity contribution in [3.8, 4) is 16.4 Å². The van der Waals surface area contributed by atoms with Gasteiger partial charge in [-0.3, -0.25) is 14.9 Å². The van der Waals surface area contributed by atoms with E-state index in [0.29, 0.717) is 22.1 Å². The molecule has 0 bridgehead atoms. The van der Waals surface area contributed by atoms with Crippen LogP contribution in [-0.4, -0.2) is 28.9 Å². The minimum absolute atomic E-state index is 0.0395. The first-order chi connectivity index (χ1) is 16.8. The fraction of sp³-hybridized carbons (Fsp3) is 0.0800. The molecule has 10 heteroatoms. The summed E-state index contributed by atoms with van der Waals surface area (Å²) in [5.74, 6) is 0. The molecule has 0 atom stereocenters. The molecule has 2 aromatic heterocycles. The van der Waals surface area contributed by atoms with E-state index in [0.717, 1.165) is 21.3 Å². The predicted molar refractivity (Wildman–Crippen MR) is 139 cm³/mol. The maximum Gasteiger partial charge on any atom is 0.283 e. The van der Waals surface area contributed by atoms with Gasteiger partial charge in [-0.25, -0.2) is 18.5 Å². The second-order valence-corrected chi connectivity index (χ2v) is 10.5. The summed E-state index contributed by atoms with van der Waals surface area (Å²) in [5.41, 5.74) is 3.89. The van der Waals surface area contributed by atoms with Gasteiger partial charge in [0.15, 0.2) is 0 Å². The van der Waals surface area contributed by atoms with E-state index in [4.69, 9.17) is 5.14 Å². The molecule has 3 aromatic carbocycles. The molecule has 0 spiro atoms. The monoisotopic (exact) mass is 503 g/mol. The van der Waals surface area contributed by atoms with E-state index < -0.39 is 10.0 Å². The lowest BCUT2D eigenvalue weighted by Gasteiger charge is -2.04. The molecule has 0 aliphatic rings. The molecule has 0 saturated heterocycles. The van der Waals surface area contributed by atoms with Gasteiger partial charge in [0.05, 0.1) is 32.9 Å². The first kappa shape index (κ1) is 22.9. The quantitative estimate of drug-likeness (QED) is 0.339. The largest absolute Gasteiger partial charge is 0.288 e. The van der Waals surface area contributed by atoms with Gasteiger partial charge in [-0.15, -0.1) is 0 Å². The Morgan fingerprint density at radius 2 is 1.71 bits per heavy atom. The van der Waals surface area contributed by atoms with Crippen molar-refractivity contribution in [1.82, 2.24) is 14.8 Å². The van der Waals surface area contributed by atoms with Gasteiger partial charge in [-0.2, -0.15) is 4.68 Å². The first-order valence-corrected chi connectivity index (χ1v) is 13.1. The molecule has 0 radical (unpaired) electrons. The number of nitrogens with zero attached hydrogens (tertiary/aromatic N) is 3. The van der Waals surface area contributed by atoms with Crippen molar-refractivity contribution >= 4 is 37.3 Å². The Morgan fingerprint density at radius 1 is 1.03 bits per heavy atom. The molecule has 5 rings (SSSR count). The third kappa shape index (κ3) is 4.59. The molecule has 8 nitrogen and oxygen atoms in total. The third-order valence-electron chi connectivity index (χ3n) is 5.54. The number of nitrogens with two attached hydrogens (primary N) is 1. The third-order valence-corrected chi connectivity index (χ3v) is 7.49. The number of benzene rings is 3. The minimum atomic E-state index is -3.76. The van der Waals surface area contributed by atoms with Crippen molar-refractivity contribution in [3.63, 3.8) is 0 Å². The Kier molecular flexibility index (Phi) is 5.93. The average molecular weight is 504 g/mol. The second-order valence-electron chi connectivity index (χ2n) is 7.92. The predicted octanol–water partition coefficient (Wildman–Crippen LogP) is 4.10. The van der Waals surface area contributed by atoms with Crippen molar-refractivity contribution in [2.24, 2.45) is 10.1 Å². The molecule has 0 saturated carbocycles. The Hall–Kier alpha value is -3.86. The Balaban J connectivity index is 1.57. The van der Waals surface area contributed by atoms with E-state index in [1.54, 1.807) is 19.1 Å². The highest BCUT2D eigenvalue weighted by molar-refractivity contribution is 7.89. The molecule has 3 N–H and O–H groups in total. The number of aromatic amines is 1. The van der Waals surface area contributed by atoms with Gasteiger partial charge >= 0.3 is 0 Å². The molecule has 176 valence electrons. The van der Waals surface area contributed by atoms with E-state index in [2.05, 4.69) is 15.1 Å². The lowest BCUT2D eigenvalue weighted by Crippen LogP contribution is -2.19. The summed E-state index contributed by atoms with van der Waals surface area (Å²) in [6.07, 6.45) is 0. The van der Waals surface area contributed by atoms with Crippen molar-refractivity contribution in [2.75, 3.05) is 0 Å². The number of aliphatic imine (C=N–C) groups is 1. The number of primary sulfonamides is 1. The van der Waals surface area contributed by atoms with E-state index in [9.17, 15) is 13.2 Å². The molecule has 5 aromatic rings. The standard InChI is InChI=1S/C25H21N5O3S2/c1-16(27-15-17-11-13-19(14-12-17)35(26,32)33)22-23(18-7-3-2-4-8-18)29-30(24(22)31)25-28-20-9-5-6-10-21(20)34-25/h2-14,29H,15H2,1H3,(H2,26,32,33). The van der Waals surface area contributed by atoms with Crippen LogP contribution in [0.3, 0.4) is 0 Å². The van der Waals surface area contributed by atoms with Gasteiger partial charge in [0.1, 0.15) is 0 Å². The van der Waals surface area contributed by atoms with Gasteiger partial charge in [-0.1, -0.05) is 65.9 Å². The van der Waals surface area contributed by atoms with Gasteiger partial charge in [0.2, 0.25) is 15.2 Å². The molecule has 0 aliphatic heterocycles. The summed E-state index contributed by atoms with van der Waals surface area (Å²) in [7, 11) is -3.76. The summed E-state index contributed by atoms with van der Waals surface area (Å²) in [6.45, 7) is 2.06. The SMILES string of the molecule is CC(=NCc1ccc(S(N)(=O)=O)cc1)c1c(-c2ccccc2)[nH]n(-c2nc3ccccc3s2)c1=O. The number of para-hydroxylation sites is 1. The van der Waals surface area contributed by atoms with Crippen LogP contribution in [0.15, 0.2) is 93.5 Å². The van der Waals surface area contributed by atoms with Crippen LogP contribution in [0.1, 0.15) is 18.1 Å². The number of H-pyrrole nitrogens is 1. The second kappa shape index (κ2) is 9.06. The molecule has 0 aliphatic carbocycles. The number of nitrogens with one attached hydrogen (secondary N) is 1. The fourth-order valence-electron chi connectivity index (χ4n) is 3.75. The maximum atomic E-state index is 13.6. The lowest BCUT2D eigenvalue weighted by atomic mass is 10.1. The summed E-state index contributed by atoms with van der Waals surface area (Å²) in [6, 6.07) is 23.5. The topological polar surface area (TPSA) is 123 Å². The van der Waals surface area contributed by atoms with E-state index >= 15 is 0 Å². The fourth-order valence-corrected chi connectivity index (χ4v) is 5.19. The van der Waals surface area contributed by atoms with Crippen LogP contribution in [0.25, 0.3) is 26.6 Å². The summed E-state index contributed by atoms with van der Waals surface area (Å²) in [4.78, 5) is 22.9. The van der Waals surface area contributed by atoms with Crippen molar-refractivity contribution in [2.45, 2.75) is 18.4 Å². The molecular weight excluding hydrogens is 482 g/mol. The maximum absolute atomic E-state index is 13.6. The molecular formula is C25H21N5O3S2. The highest BCUT2D eigenvalue weighted by atomic mass is 32.2. The number of aromatic nitrogens is 3. The van der Waals surface area contributed by atoms with Crippen LogP contribution in [-0.2, 0) is 16.6 Å². The van der Waals surface area contributed by atoms with E-state index in [-0.39, 0.29) is 17.0 Å². The molecule has 35 heavy (non-hydrogen) atoms. The van der Waals surface area contributed by atoms with Crippen LogP contribution in [0.2, 0.25) is 0 Å². The highest BCUT2D eigenvalue weighted by Gasteiger charge is 2.21. The van der Waals surface area contributed by atoms with Crippen LogP contribution in [0, 0.1) is 0 Å². The van der Waals surface area contributed by atoms with Crippen LogP contribution < -0.4 is 10.7 Å². The number of thiazole rings is 1. The summed E-state index contributed by atoms with van der Waals surface area (Å²) < 4.78 is 25.4. The number of hydrogen-bond acceptors (Lipinski definition) is 6. The Morgan fingerprint density at radius 3 is 2.40 bits per heavy atom. The molecule has 0 amide bonds. The van der Waals surface area contributed by atoms with Crippen LogP contribution in [0.4, 0.5) is 0 Å². The average Bonchev–Trinajstić information content (AvgIpc) is 3.43. The van der Waals surface area contributed by atoms with Gasteiger partial charge in [-0.05, 0) is 36.8 Å². The zero-order valence-electron chi connectivity index (χ0n) is 18.7. The Bertz CT molecular complexity index is 1680. The zero-order valence-corrected chi connectivity index (χ0v) is 20.3. The molecule has 0 fully saturated rings. The van der Waals surface area contributed by atoms with Gasteiger partial charge in [0.25, 0.3) is 5.56 Å². The van der Waals surface area contributed by atoms with Crippen LogP contribution in [0.5, 0.6) is 0 Å². The van der Waals surface area contributed by atoms with E-state index in [1.165, 1.54) is 28.2 Å². The first-order valence-electron chi connectivity index (χ1n) is 10.7. The van der Waals surface area contributed by atoms with Crippen molar-refractivity contribution in [3.05, 3.63) is 100 Å². The smallest absolute Gasteiger partial charge is 0.283 e. The Labute approximate surface area is 205 Å². The normalized spacial score (nSPS) is 12.3. The van der Waals surface area contributed by atoms with Crippen molar-refractivity contribution < 1.29 is 8.42 Å². The van der Waals surface area contributed by atoms with Crippen LogP contribution >= 0.6 is 11.3 Å². The highest BCUT2D eigenvalue weighted by Crippen LogP contribution is 2.26. The number of rotatable bonds is 6. The minimum Gasteiger partial charge on any atom is -0.288 e.